The Morgan fingerprint density at radius 3 is 2.71 bits per heavy atom. The molecule has 1 heterocycles. The topological polar surface area (TPSA) is 80.0 Å². The molecule has 0 aliphatic heterocycles. The van der Waals surface area contributed by atoms with Crippen LogP contribution in [-0.4, -0.2) is 32.1 Å². The highest BCUT2D eigenvalue weighted by atomic mass is 16.3. The second-order valence-corrected chi connectivity index (χ2v) is 5.79. The highest BCUT2D eigenvalue weighted by Gasteiger charge is 2.32. The third kappa shape index (κ3) is 2.47. The first kappa shape index (κ1) is 14.6. The number of hydrogen-bond donors (Lipinski definition) is 2. The predicted octanol–water partition coefficient (Wildman–Crippen LogP) is 1.66. The van der Waals surface area contributed by atoms with Crippen LogP contribution >= 0.6 is 0 Å². The summed E-state index contributed by atoms with van der Waals surface area (Å²) in [5, 5.41) is 21.0. The molecule has 120 valence electrons. The molecule has 1 aliphatic rings. The van der Waals surface area contributed by atoms with Crippen LogP contribution in [-0.2, 0) is 6.42 Å². The molecule has 0 saturated heterocycles. The first-order valence-electron chi connectivity index (χ1n) is 7.77. The molecule has 1 aromatic heterocycles. The number of hydrogen-bond acceptors (Lipinski definition) is 4. The molecular formula is C18H16N4O2. The Morgan fingerprint density at radius 1 is 1.12 bits per heavy atom. The van der Waals surface area contributed by atoms with Crippen LogP contribution in [0.25, 0.3) is 5.69 Å². The zero-order valence-electron chi connectivity index (χ0n) is 12.8. The van der Waals surface area contributed by atoms with Crippen molar-refractivity contribution in [3.05, 3.63) is 77.6 Å². The molecule has 0 bridgehead atoms. The van der Waals surface area contributed by atoms with Crippen molar-refractivity contribution in [2.45, 2.75) is 18.6 Å². The highest BCUT2D eigenvalue weighted by Crippen LogP contribution is 2.31. The lowest BCUT2D eigenvalue weighted by atomic mass is 10.1. The van der Waals surface area contributed by atoms with E-state index >= 15 is 0 Å². The summed E-state index contributed by atoms with van der Waals surface area (Å²) in [6.45, 7) is 0. The summed E-state index contributed by atoms with van der Waals surface area (Å²) >= 11 is 0. The number of carbonyl (C=O) groups is 1. The van der Waals surface area contributed by atoms with Gasteiger partial charge in [-0.25, -0.2) is 4.68 Å². The van der Waals surface area contributed by atoms with E-state index in [1.165, 1.54) is 10.9 Å². The van der Waals surface area contributed by atoms with Crippen LogP contribution in [0.1, 0.15) is 27.7 Å². The van der Waals surface area contributed by atoms with Gasteiger partial charge in [-0.1, -0.05) is 47.7 Å². The highest BCUT2D eigenvalue weighted by molar-refractivity contribution is 5.93. The zero-order chi connectivity index (χ0) is 16.5. The Bertz CT molecular complexity index is 875. The van der Waals surface area contributed by atoms with E-state index in [2.05, 4.69) is 15.6 Å². The van der Waals surface area contributed by atoms with Crippen LogP contribution in [0.4, 0.5) is 0 Å². The largest absolute Gasteiger partial charge is 0.390 e. The number of fused-ring (bicyclic) bond motifs is 1. The van der Waals surface area contributed by atoms with Crippen molar-refractivity contribution < 1.29 is 9.90 Å². The summed E-state index contributed by atoms with van der Waals surface area (Å²) < 4.78 is 1.49. The van der Waals surface area contributed by atoms with Gasteiger partial charge in [0.1, 0.15) is 0 Å². The molecule has 0 radical (unpaired) electrons. The Kier molecular flexibility index (Phi) is 3.59. The van der Waals surface area contributed by atoms with Gasteiger partial charge < -0.3 is 10.4 Å². The minimum Gasteiger partial charge on any atom is -0.390 e. The van der Waals surface area contributed by atoms with Crippen LogP contribution < -0.4 is 5.32 Å². The quantitative estimate of drug-likeness (QED) is 0.769. The third-order valence-corrected chi connectivity index (χ3v) is 4.27. The van der Waals surface area contributed by atoms with Crippen molar-refractivity contribution in [1.29, 1.82) is 0 Å². The van der Waals surface area contributed by atoms with E-state index in [1.54, 1.807) is 0 Å². The van der Waals surface area contributed by atoms with Crippen molar-refractivity contribution in [2.24, 2.45) is 0 Å². The third-order valence-electron chi connectivity index (χ3n) is 4.27. The Morgan fingerprint density at radius 2 is 1.88 bits per heavy atom. The number of benzene rings is 2. The Hall–Kier alpha value is -2.99. The molecule has 6 heteroatoms. The number of aliphatic hydroxyl groups excluding tert-OH is 1. The molecule has 2 N–H and O–H groups in total. The van der Waals surface area contributed by atoms with Gasteiger partial charge in [0.25, 0.3) is 5.91 Å². The molecule has 3 aromatic rings. The van der Waals surface area contributed by atoms with Crippen molar-refractivity contribution in [1.82, 2.24) is 20.3 Å². The van der Waals surface area contributed by atoms with Crippen LogP contribution in [0.3, 0.4) is 0 Å². The van der Waals surface area contributed by atoms with Gasteiger partial charge >= 0.3 is 0 Å². The first-order valence-corrected chi connectivity index (χ1v) is 7.77. The average Bonchev–Trinajstić information content (AvgIpc) is 3.21. The van der Waals surface area contributed by atoms with Crippen LogP contribution in [0, 0.1) is 0 Å². The molecule has 6 nitrogen and oxygen atoms in total. The summed E-state index contributed by atoms with van der Waals surface area (Å²) in [5.74, 6) is -0.315. The number of aliphatic hydroxyl groups is 1. The number of amides is 1. The smallest absolute Gasteiger partial charge is 0.272 e. The maximum absolute atomic E-state index is 12.7. The second-order valence-electron chi connectivity index (χ2n) is 5.79. The van der Waals surface area contributed by atoms with Gasteiger partial charge in [0.05, 0.1) is 24.0 Å². The molecule has 1 amide bonds. The molecule has 24 heavy (non-hydrogen) atoms. The summed E-state index contributed by atoms with van der Waals surface area (Å²) in [5.41, 5.74) is 3.10. The normalized spacial score (nSPS) is 19.0. The summed E-state index contributed by atoms with van der Waals surface area (Å²) in [7, 11) is 0. The van der Waals surface area contributed by atoms with Crippen LogP contribution in [0.5, 0.6) is 0 Å². The lowest BCUT2D eigenvalue weighted by Gasteiger charge is -2.18. The molecule has 2 atom stereocenters. The van der Waals surface area contributed by atoms with Gasteiger partial charge in [-0.3, -0.25) is 4.79 Å². The molecule has 0 saturated carbocycles. The lowest BCUT2D eigenvalue weighted by Crippen LogP contribution is -2.34. The maximum Gasteiger partial charge on any atom is 0.272 e. The number of carbonyl (C=O) groups excluding carboxylic acids is 1. The average molecular weight is 320 g/mol. The van der Waals surface area contributed by atoms with Gasteiger partial charge in [-0.15, -0.1) is 5.10 Å². The Balaban J connectivity index is 1.61. The molecule has 0 unspecified atom stereocenters. The molecule has 0 spiro atoms. The summed E-state index contributed by atoms with van der Waals surface area (Å²) in [4.78, 5) is 12.7. The van der Waals surface area contributed by atoms with Gasteiger partial charge in [0, 0.05) is 6.42 Å². The minimum atomic E-state index is -0.632. The first-order chi connectivity index (χ1) is 11.7. The fraction of sp³-hybridized carbons (Fsp3) is 0.167. The van der Waals surface area contributed by atoms with Crippen molar-refractivity contribution in [2.75, 3.05) is 0 Å². The van der Waals surface area contributed by atoms with Crippen LogP contribution in [0.15, 0.2) is 60.8 Å². The van der Waals surface area contributed by atoms with Gasteiger partial charge in [0.15, 0.2) is 5.69 Å². The van der Waals surface area contributed by atoms with E-state index in [4.69, 9.17) is 0 Å². The standard InChI is InChI=1S/C18H16N4O2/c23-16-10-12-6-4-5-9-14(12)17(16)20-18(24)15-11-19-21-22(15)13-7-2-1-3-8-13/h1-9,11,16-17,23H,10H2,(H,20,24)/t16-,17+/m0/s1. The van der Waals surface area contributed by atoms with Crippen molar-refractivity contribution in [3.8, 4) is 5.69 Å². The molecule has 1 aliphatic carbocycles. The molecule has 2 aromatic carbocycles. The predicted molar refractivity (Wildman–Crippen MR) is 87.7 cm³/mol. The van der Waals surface area contributed by atoms with Crippen LogP contribution in [0.2, 0.25) is 0 Å². The van der Waals surface area contributed by atoms with Crippen molar-refractivity contribution in [3.63, 3.8) is 0 Å². The fourth-order valence-corrected chi connectivity index (χ4v) is 3.11. The number of rotatable bonds is 3. The van der Waals surface area contributed by atoms with Gasteiger partial charge in [-0.05, 0) is 23.3 Å². The SMILES string of the molecule is O=C(N[C@@H]1c2ccccc2C[C@@H]1O)c1cnnn1-c1ccccc1. The fourth-order valence-electron chi connectivity index (χ4n) is 3.11. The van der Waals surface area contributed by atoms with E-state index in [-0.39, 0.29) is 5.91 Å². The van der Waals surface area contributed by atoms with E-state index in [9.17, 15) is 9.90 Å². The number of nitrogens with zero attached hydrogens (tertiary/aromatic N) is 3. The van der Waals surface area contributed by atoms with E-state index in [1.807, 2.05) is 54.6 Å². The van der Waals surface area contributed by atoms with Crippen molar-refractivity contribution >= 4 is 5.91 Å². The minimum absolute atomic E-state index is 0.315. The number of nitrogens with one attached hydrogen (secondary N) is 1. The monoisotopic (exact) mass is 320 g/mol. The second kappa shape index (κ2) is 5.90. The molecular weight excluding hydrogens is 304 g/mol. The number of aromatic nitrogens is 3. The molecule has 0 fully saturated rings. The van der Waals surface area contributed by atoms with E-state index in [0.717, 1.165) is 16.8 Å². The molecule has 4 rings (SSSR count). The maximum atomic E-state index is 12.7. The number of para-hydroxylation sites is 1. The van der Waals surface area contributed by atoms with Gasteiger partial charge in [0.2, 0.25) is 0 Å². The zero-order valence-corrected chi connectivity index (χ0v) is 12.8. The summed E-state index contributed by atoms with van der Waals surface area (Å²) in [6.07, 6.45) is 1.33. The van der Waals surface area contributed by atoms with Gasteiger partial charge in [-0.2, -0.15) is 0 Å². The Labute approximate surface area is 138 Å². The van der Waals surface area contributed by atoms with E-state index in [0.29, 0.717) is 12.1 Å². The lowest BCUT2D eigenvalue weighted by molar-refractivity contribution is 0.0850. The van der Waals surface area contributed by atoms with E-state index < -0.39 is 12.1 Å². The summed E-state index contributed by atoms with van der Waals surface area (Å²) in [6, 6.07) is 16.7.